The summed E-state index contributed by atoms with van der Waals surface area (Å²) in [6, 6.07) is 0. The minimum atomic E-state index is 0.549. The van der Waals surface area contributed by atoms with E-state index in [1.54, 1.807) is 7.11 Å². The van der Waals surface area contributed by atoms with Crippen LogP contribution in [0.3, 0.4) is 0 Å². The summed E-state index contributed by atoms with van der Waals surface area (Å²) in [6.45, 7) is 9.93. The number of hydrogen-bond acceptors (Lipinski definition) is 4. The molecule has 1 atom stereocenters. The second-order valence-corrected chi connectivity index (χ2v) is 6.50. The van der Waals surface area contributed by atoms with Gasteiger partial charge in [-0.15, -0.1) is 5.10 Å². The zero-order valence-electron chi connectivity index (χ0n) is 13.8. The third-order valence-electron chi connectivity index (χ3n) is 4.38. The Morgan fingerprint density at radius 2 is 2.14 bits per heavy atom. The highest BCUT2D eigenvalue weighted by Gasteiger charge is 2.21. The first-order valence-corrected chi connectivity index (χ1v) is 8.31. The van der Waals surface area contributed by atoms with Crippen molar-refractivity contribution in [3.63, 3.8) is 0 Å². The summed E-state index contributed by atoms with van der Waals surface area (Å²) in [7, 11) is 1.69. The number of ether oxygens (including phenoxy) is 1. The highest BCUT2D eigenvalue weighted by molar-refractivity contribution is 4.90. The number of methoxy groups -OCH3 is 1. The number of nitrogens with zero attached hydrogens (tertiary/aromatic N) is 4. The predicted octanol–water partition coefficient (Wildman–Crippen LogP) is 2.57. The molecule has 0 spiro atoms. The summed E-state index contributed by atoms with van der Waals surface area (Å²) in [4.78, 5) is 2.63. The molecule has 0 bridgehead atoms. The van der Waals surface area contributed by atoms with Gasteiger partial charge in [0, 0.05) is 20.2 Å². The van der Waals surface area contributed by atoms with Crippen LogP contribution >= 0.6 is 0 Å². The van der Waals surface area contributed by atoms with Gasteiger partial charge in [0.2, 0.25) is 0 Å². The Morgan fingerprint density at radius 1 is 1.38 bits per heavy atom. The molecule has 120 valence electrons. The van der Waals surface area contributed by atoms with Crippen molar-refractivity contribution in [1.82, 2.24) is 19.9 Å². The molecule has 5 nitrogen and oxygen atoms in total. The highest BCUT2D eigenvalue weighted by atomic mass is 16.5. The molecule has 0 amide bonds. The fraction of sp³-hybridized carbons (Fsp3) is 0.875. The van der Waals surface area contributed by atoms with Crippen LogP contribution in [-0.2, 0) is 17.9 Å². The summed E-state index contributed by atoms with van der Waals surface area (Å²) in [5.41, 5.74) is 0.920. The summed E-state index contributed by atoms with van der Waals surface area (Å²) in [5.74, 6) is 1.57. The van der Waals surface area contributed by atoms with E-state index in [1.165, 1.54) is 45.3 Å². The Labute approximate surface area is 128 Å². The van der Waals surface area contributed by atoms with Crippen molar-refractivity contribution in [1.29, 1.82) is 0 Å². The van der Waals surface area contributed by atoms with Crippen LogP contribution in [0.4, 0.5) is 0 Å². The first-order valence-electron chi connectivity index (χ1n) is 8.31. The maximum atomic E-state index is 5.08. The van der Waals surface area contributed by atoms with Crippen molar-refractivity contribution in [3.05, 3.63) is 11.9 Å². The zero-order valence-corrected chi connectivity index (χ0v) is 13.8. The first-order chi connectivity index (χ1) is 10.2. The van der Waals surface area contributed by atoms with E-state index in [4.69, 9.17) is 4.74 Å². The summed E-state index contributed by atoms with van der Waals surface area (Å²) in [5, 5.41) is 8.32. The van der Waals surface area contributed by atoms with Gasteiger partial charge in [-0.05, 0) is 44.2 Å². The van der Waals surface area contributed by atoms with Gasteiger partial charge in [0.25, 0.3) is 0 Å². The molecule has 2 heterocycles. The van der Waals surface area contributed by atoms with Crippen LogP contribution in [0.25, 0.3) is 0 Å². The van der Waals surface area contributed by atoms with Crippen LogP contribution in [0.5, 0.6) is 0 Å². The van der Waals surface area contributed by atoms with Gasteiger partial charge in [0.05, 0.1) is 12.8 Å². The van der Waals surface area contributed by atoms with Gasteiger partial charge in [-0.25, -0.2) is 0 Å². The maximum absolute atomic E-state index is 5.08. The lowest BCUT2D eigenvalue weighted by Gasteiger charge is -2.33. The van der Waals surface area contributed by atoms with Crippen LogP contribution in [0.15, 0.2) is 6.20 Å². The van der Waals surface area contributed by atoms with E-state index < -0.39 is 0 Å². The van der Waals surface area contributed by atoms with Crippen molar-refractivity contribution in [2.45, 2.75) is 52.7 Å². The van der Waals surface area contributed by atoms with Crippen LogP contribution < -0.4 is 0 Å². The first kappa shape index (κ1) is 16.4. The quantitative estimate of drug-likeness (QED) is 0.739. The number of aromatic nitrogens is 3. The van der Waals surface area contributed by atoms with Gasteiger partial charge < -0.3 is 9.64 Å². The second-order valence-electron chi connectivity index (χ2n) is 6.50. The zero-order chi connectivity index (χ0) is 15.1. The lowest BCUT2D eigenvalue weighted by molar-refractivity contribution is 0.150. The molecule has 0 N–H and O–H groups in total. The summed E-state index contributed by atoms with van der Waals surface area (Å²) >= 11 is 0. The molecule has 5 heteroatoms. The van der Waals surface area contributed by atoms with Crippen molar-refractivity contribution >= 4 is 0 Å². The van der Waals surface area contributed by atoms with Gasteiger partial charge in [0.1, 0.15) is 5.69 Å². The van der Waals surface area contributed by atoms with E-state index in [1.807, 2.05) is 10.9 Å². The normalized spacial score (nSPS) is 19.0. The molecule has 1 fully saturated rings. The predicted molar refractivity (Wildman–Crippen MR) is 84.0 cm³/mol. The van der Waals surface area contributed by atoms with E-state index in [2.05, 4.69) is 29.1 Å². The third kappa shape index (κ3) is 5.40. The Bertz CT molecular complexity index is 399. The Hall–Kier alpha value is -0.940. The Morgan fingerprint density at radius 3 is 2.81 bits per heavy atom. The van der Waals surface area contributed by atoms with Crippen LogP contribution in [0.1, 0.15) is 45.2 Å². The molecule has 1 aromatic rings. The molecular weight excluding hydrogens is 264 g/mol. The van der Waals surface area contributed by atoms with Crippen LogP contribution in [0, 0.1) is 11.8 Å². The Kier molecular flexibility index (Phi) is 6.64. The van der Waals surface area contributed by atoms with E-state index >= 15 is 0 Å². The van der Waals surface area contributed by atoms with Gasteiger partial charge in [-0.1, -0.05) is 25.5 Å². The third-order valence-corrected chi connectivity index (χ3v) is 4.38. The summed E-state index contributed by atoms with van der Waals surface area (Å²) in [6.07, 6.45) is 7.21. The molecule has 1 saturated heterocycles. The monoisotopic (exact) mass is 294 g/mol. The molecule has 0 radical (unpaired) electrons. The number of piperidine rings is 1. The average Bonchev–Trinajstić information content (AvgIpc) is 2.89. The molecule has 0 unspecified atom stereocenters. The largest absolute Gasteiger partial charge is 0.378 e. The van der Waals surface area contributed by atoms with Gasteiger partial charge in [-0.3, -0.25) is 4.68 Å². The standard InChI is InChI=1S/C16H30N4O/c1-4-5-14(2)10-19-8-6-15(7-9-19)11-20-12-16(13-21-3)17-18-20/h12,14-15H,4-11,13H2,1-3H3/t14-/m0/s1. The molecule has 0 aliphatic carbocycles. The number of hydrogen-bond donors (Lipinski definition) is 0. The van der Waals surface area contributed by atoms with Crippen molar-refractivity contribution < 1.29 is 4.74 Å². The lowest BCUT2D eigenvalue weighted by atomic mass is 9.95. The smallest absolute Gasteiger partial charge is 0.108 e. The molecule has 21 heavy (non-hydrogen) atoms. The van der Waals surface area contributed by atoms with Crippen molar-refractivity contribution in [3.8, 4) is 0 Å². The van der Waals surface area contributed by atoms with E-state index in [9.17, 15) is 0 Å². The van der Waals surface area contributed by atoms with E-state index in [0.717, 1.165) is 24.1 Å². The van der Waals surface area contributed by atoms with E-state index in [0.29, 0.717) is 6.61 Å². The molecule has 0 aromatic carbocycles. The maximum Gasteiger partial charge on any atom is 0.108 e. The fourth-order valence-corrected chi connectivity index (χ4v) is 3.28. The minimum Gasteiger partial charge on any atom is -0.378 e. The van der Waals surface area contributed by atoms with Crippen LogP contribution in [0.2, 0.25) is 0 Å². The second kappa shape index (κ2) is 8.49. The van der Waals surface area contributed by atoms with Crippen LogP contribution in [-0.4, -0.2) is 46.6 Å². The lowest BCUT2D eigenvalue weighted by Crippen LogP contribution is -2.37. The fourth-order valence-electron chi connectivity index (χ4n) is 3.28. The molecule has 1 aliphatic rings. The molecule has 1 aliphatic heterocycles. The molecular formula is C16H30N4O. The molecule has 2 rings (SSSR count). The SMILES string of the molecule is CCC[C@H](C)CN1CCC(Cn2cc(COC)nn2)CC1. The topological polar surface area (TPSA) is 43.2 Å². The highest BCUT2D eigenvalue weighted by Crippen LogP contribution is 2.20. The van der Waals surface area contributed by atoms with Gasteiger partial charge in [-0.2, -0.15) is 0 Å². The van der Waals surface area contributed by atoms with Gasteiger partial charge >= 0.3 is 0 Å². The van der Waals surface area contributed by atoms with Crippen molar-refractivity contribution in [2.24, 2.45) is 11.8 Å². The summed E-state index contributed by atoms with van der Waals surface area (Å²) < 4.78 is 7.06. The molecule has 0 saturated carbocycles. The number of likely N-dealkylation sites (tertiary alicyclic amines) is 1. The van der Waals surface area contributed by atoms with Gasteiger partial charge in [0.15, 0.2) is 0 Å². The average molecular weight is 294 g/mol. The van der Waals surface area contributed by atoms with E-state index in [-0.39, 0.29) is 0 Å². The molecule has 1 aromatic heterocycles. The Balaban J connectivity index is 1.70. The number of rotatable bonds is 8. The minimum absolute atomic E-state index is 0.549. The van der Waals surface area contributed by atoms with Crippen molar-refractivity contribution in [2.75, 3.05) is 26.7 Å².